The highest BCUT2D eigenvalue weighted by atomic mass is 35.5. The number of hydrazine groups is 1. The molecule has 1 saturated carbocycles. The zero-order chi connectivity index (χ0) is 15.5. The minimum atomic E-state index is -0.246. The summed E-state index contributed by atoms with van der Waals surface area (Å²) < 4.78 is 6.23. The smallest absolute Gasteiger partial charge is 0.0889 e. The number of hydrogen-bond donors (Lipinski definition) is 2. The quantitative estimate of drug-likeness (QED) is 0.632. The Balaban J connectivity index is 2.31. The second-order valence-corrected chi connectivity index (χ2v) is 7.25. The van der Waals surface area contributed by atoms with Crippen LogP contribution in [0.5, 0.6) is 0 Å². The lowest BCUT2D eigenvalue weighted by Crippen LogP contribution is -2.51. The zero-order valence-corrected chi connectivity index (χ0v) is 14.0. The molecule has 0 aromatic heterocycles. The van der Waals surface area contributed by atoms with Crippen LogP contribution in [0.4, 0.5) is 0 Å². The molecule has 0 heterocycles. The monoisotopic (exact) mass is 310 g/mol. The molecule has 1 unspecified atom stereocenters. The molecule has 0 amide bonds. The molecule has 0 radical (unpaired) electrons. The molecule has 0 saturated heterocycles. The van der Waals surface area contributed by atoms with Crippen molar-refractivity contribution in [3.63, 3.8) is 0 Å². The highest BCUT2D eigenvalue weighted by Gasteiger charge is 2.45. The molecule has 2 rings (SSSR count). The van der Waals surface area contributed by atoms with Gasteiger partial charge in [0.05, 0.1) is 11.6 Å². The minimum absolute atomic E-state index is 0.0350. The molecule has 1 aromatic carbocycles. The fraction of sp³-hybridized carbons (Fsp3) is 0.647. The molecule has 3 N–H and O–H groups in total. The van der Waals surface area contributed by atoms with E-state index >= 15 is 0 Å². The van der Waals surface area contributed by atoms with Crippen LogP contribution >= 0.6 is 11.6 Å². The molecule has 4 heteroatoms. The second-order valence-electron chi connectivity index (χ2n) is 6.82. The Morgan fingerprint density at radius 1 is 1.29 bits per heavy atom. The van der Waals surface area contributed by atoms with Crippen LogP contribution in [0.25, 0.3) is 0 Å². The molecular formula is C17H27ClN2O. The van der Waals surface area contributed by atoms with Gasteiger partial charge in [0.15, 0.2) is 0 Å². The molecule has 0 spiro atoms. The summed E-state index contributed by atoms with van der Waals surface area (Å²) in [6.07, 6.45) is 4.31. The first-order valence-corrected chi connectivity index (χ1v) is 8.16. The molecule has 1 aliphatic rings. The predicted octanol–water partition coefficient (Wildman–Crippen LogP) is 4.22. The average Bonchev–Trinajstić information content (AvgIpc) is 2.43. The van der Waals surface area contributed by atoms with Crippen molar-refractivity contribution in [2.45, 2.75) is 58.1 Å². The summed E-state index contributed by atoms with van der Waals surface area (Å²) in [5.74, 6) is 5.90. The van der Waals surface area contributed by atoms with Gasteiger partial charge in [-0.25, -0.2) is 0 Å². The van der Waals surface area contributed by atoms with Crippen molar-refractivity contribution in [2.75, 3.05) is 6.61 Å². The van der Waals surface area contributed by atoms with E-state index in [1.807, 2.05) is 25.1 Å². The third-order valence-electron chi connectivity index (χ3n) is 4.76. The van der Waals surface area contributed by atoms with Crippen molar-refractivity contribution in [1.29, 1.82) is 0 Å². The van der Waals surface area contributed by atoms with Crippen LogP contribution in [0, 0.1) is 5.41 Å². The highest BCUT2D eigenvalue weighted by molar-refractivity contribution is 6.30. The van der Waals surface area contributed by atoms with Gasteiger partial charge in [-0.15, -0.1) is 0 Å². The van der Waals surface area contributed by atoms with Crippen molar-refractivity contribution in [3.8, 4) is 0 Å². The van der Waals surface area contributed by atoms with E-state index in [1.54, 1.807) is 0 Å². The van der Waals surface area contributed by atoms with Crippen LogP contribution in [-0.4, -0.2) is 12.2 Å². The number of hydrogen-bond acceptors (Lipinski definition) is 3. The summed E-state index contributed by atoms with van der Waals surface area (Å²) in [5, 5.41) is 0.732. The fourth-order valence-electron chi connectivity index (χ4n) is 3.39. The standard InChI is InChI=1S/C17H27ClN2O/c1-4-21-17(10-8-16(2,3)9-11-17)15(20-19)13-6-5-7-14(18)12-13/h5-7,12,15,20H,4,8-11,19H2,1-3H3. The van der Waals surface area contributed by atoms with Gasteiger partial charge in [-0.3, -0.25) is 11.3 Å². The summed E-state index contributed by atoms with van der Waals surface area (Å²) in [4.78, 5) is 0. The van der Waals surface area contributed by atoms with Gasteiger partial charge in [0.25, 0.3) is 0 Å². The van der Waals surface area contributed by atoms with Crippen molar-refractivity contribution in [1.82, 2.24) is 5.43 Å². The molecule has 118 valence electrons. The molecule has 1 atom stereocenters. The molecule has 21 heavy (non-hydrogen) atoms. The van der Waals surface area contributed by atoms with Gasteiger partial charge in [0, 0.05) is 11.6 Å². The van der Waals surface area contributed by atoms with Crippen molar-refractivity contribution in [3.05, 3.63) is 34.9 Å². The van der Waals surface area contributed by atoms with E-state index in [-0.39, 0.29) is 11.6 Å². The number of ether oxygens (including phenoxy) is 1. The third kappa shape index (κ3) is 3.78. The van der Waals surface area contributed by atoms with E-state index < -0.39 is 0 Å². The first kappa shape index (κ1) is 16.8. The van der Waals surface area contributed by atoms with Gasteiger partial charge in [0.2, 0.25) is 0 Å². The Bertz CT molecular complexity index is 466. The van der Waals surface area contributed by atoms with E-state index in [0.29, 0.717) is 12.0 Å². The SMILES string of the molecule is CCOC1(C(NN)c2cccc(Cl)c2)CCC(C)(C)CC1. The molecule has 0 bridgehead atoms. The highest BCUT2D eigenvalue weighted by Crippen LogP contribution is 2.47. The van der Waals surface area contributed by atoms with E-state index in [9.17, 15) is 0 Å². The summed E-state index contributed by atoms with van der Waals surface area (Å²) in [6, 6.07) is 7.86. The average molecular weight is 311 g/mol. The van der Waals surface area contributed by atoms with Gasteiger partial charge < -0.3 is 4.74 Å². The van der Waals surface area contributed by atoms with Crippen LogP contribution in [0.1, 0.15) is 58.1 Å². The van der Waals surface area contributed by atoms with E-state index in [0.717, 1.165) is 36.3 Å². The van der Waals surface area contributed by atoms with Crippen LogP contribution in [0.2, 0.25) is 5.02 Å². The number of benzene rings is 1. The van der Waals surface area contributed by atoms with Crippen LogP contribution in [0.3, 0.4) is 0 Å². The summed E-state index contributed by atoms with van der Waals surface area (Å²) in [5.41, 5.74) is 4.22. The van der Waals surface area contributed by atoms with Crippen LogP contribution in [-0.2, 0) is 4.74 Å². The molecule has 1 aromatic rings. The molecule has 1 aliphatic carbocycles. The van der Waals surface area contributed by atoms with Gasteiger partial charge in [-0.2, -0.15) is 0 Å². The maximum atomic E-state index is 6.23. The Morgan fingerprint density at radius 2 is 1.95 bits per heavy atom. The topological polar surface area (TPSA) is 47.3 Å². The first-order valence-electron chi connectivity index (χ1n) is 7.78. The van der Waals surface area contributed by atoms with Crippen LogP contribution < -0.4 is 11.3 Å². The first-order chi connectivity index (χ1) is 9.92. The van der Waals surface area contributed by atoms with E-state index in [2.05, 4.69) is 25.3 Å². The molecule has 0 aliphatic heterocycles. The fourth-order valence-corrected chi connectivity index (χ4v) is 3.59. The van der Waals surface area contributed by atoms with Crippen molar-refractivity contribution in [2.24, 2.45) is 11.3 Å². The van der Waals surface area contributed by atoms with Gasteiger partial charge in [-0.1, -0.05) is 37.6 Å². The normalized spacial score (nSPS) is 22.0. The lowest BCUT2D eigenvalue weighted by Gasteiger charge is -2.47. The van der Waals surface area contributed by atoms with Gasteiger partial charge >= 0.3 is 0 Å². The minimum Gasteiger partial charge on any atom is -0.373 e. The Hall–Kier alpha value is -0.610. The lowest BCUT2D eigenvalue weighted by atomic mass is 9.67. The maximum Gasteiger partial charge on any atom is 0.0889 e. The zero-order valence-electron chi connectivity index (χ0n) is 13.3. The van der Waals surface area contributed by atoms with E-state index in [1.165, 1.54) is 0 Å². The van der Waals surface area contributed by atoms with Crippen molar-refractivity contribution >= 4 is 11.6 Å². The summed E-state index contributed by atoms with van der Waals surface area (Å²) in [7, 11) is 0. The molecular weight excluding hydrogens is 284 g/mol. The third-order valence-corrected chi connectivity index (χ3v) is 4.99. The van der Waals surface area contributed by atoms with Crippen molar-refractivity contribution < 1.29 is 4.74 Å². The van der Waals surface area contributed by atoms with Gasteiger partial charge in [-0.05, 0) is 55.7 Å². The van der Waals surface area contributed by atoms with Gasteiger partial charge in [0.1, 0.15) is 0 Å². The number of halogens is 1. The lowest BCUT2D eigenvalue weighted by molar-refractivity contribution is -0.108. The second kappa shape index (κ2) is 6.66. The Kier molecular flexibility index (Phi) is 5.31. The Morgan fingerprint density at radius 3 is 2.48 bits per heavy atom. The molecule has 3 nitrogen and oxygen atoms in total. The van der Waals surface area contributed by atoms with Crippen LogP contribution in [0.15, 0.2) is 24.3 Å². The maximum absolute atomic E-state index is 6.23. The predicted molar refractivity (Wildman–Crippen MR) is 88.1 cm³/mol. The number of nitrogens with one attached hydrogen (secondary N) is 1. The summed E-state index contributed by atoms with van der Waals surface area (Å²) in [6.45, 7) is 7.40. The largest absolute Gasteiger partial charge is 0.373 e. The Labute approximate surface area is 133 Å². The van der Waals surface area contributed by atoms with E-state index in [4.69, 9.17) is 22.2 Å². The number of rotatable bonds is 5. The summed E-state index contributed by atoms with van der Waals surface area (Å²) >= 11 is 6.14. The number of nitrogens with two attached hydrogens (primary N) is 1. The molecule has 1 fully saturated rings.